The molecule has 1 N–H and O–H groups in total. The summed E-state index contributed by atoms with van der Waals surface area (Å²) in [6.45, 7) is 6.09. The Morgan fingerprint density at radius 2 is 1.83 bits per heavy atom. The second kappa shape index (κ2) is 3.87. The molecule has 0 aliphatic rings. The van der Waals surface area contributed by atoms with E-state index in [2.05, 4.69) is 41.5 Å². The van der Waals surface area contributed by atoms with E-state index in [1.807, 2.05) is 28.4 Å². The zero-order chi connectivity index (χ0) is 12.7. The van der Waals surface area contributed by atoms with Crippen molar-refractivity contribution in [3.8, 4) is 0 Å². The van der Waals surface area contributed by atoms with Gasteiger partial charge in [-0.1, -0.05) is 0 Å². The van der Waals surface area contributed by atoms with Gasteiger partial charge < -0.3 is 0 Å². The van der Waals surface area contributed by atoms with E-state index in [9.17, 15) is 0 Å². The first kappa shape index (κ1) is 10.8. The van der Waals surface area contributed by atoms with Crippen molar-refractivity contribution in [3.05, 3.63) is 47.7 Å². The minimum absolute atomic E-state index is 0.806. The van der Waals surface area contributed by atoms with Crippen LogP contribution < -0.4 is 5.43 Å². The van der Waals surface area contributed by atoms with Crippen LogP contribution in [-0.2, 0) is 0 Å². The van der Waals surface area contributed by atoms with Gasteiger partial charge >= 0.3 is 0 Å². The maximum Gasteiger partial charge on any atom is 0.171 e. The molecule has 5 heteroatoms. The predicted octanol–water partition coefficient (Wildman–Crippen LogP) is 2.33. The van der Waals surface area contributed by atoms with Gasteiger partial charge in [0.1, 0.15) is 5.52 Å². The van der Waals surface area contributed by atoms with Crippen LogP contribution in [0.25, 0.3) is 5.52 Å². The van der Waals surface area contributed by atoms with Crippen LogP contribution in [0.5, 0.6) is 0 Å². The van der Waals surface area contributed by atoms with Gasteiger partial charge in [-0.2, -0.15) is 5.10 Å². The van der Waals surface area contributed by atoms with Crippen molar-refractivity contribution in [2.75, 3.05) is 5.43 Å². The molecule has 0 atom stereocenters. The van der Waals surface area contributed by atoms with Crippen LogP contribution in [0.4, 0.5) is 5.82 Å². The highest BCUT2D eigenvalue weighted by molar-refractivity contribution is 5.67. The molecule has 0 unspecified atom stereocenters. The highest BCUT2D eigenvalue weighted by atomic mass is 15.4. The summed E-state index contributed by atoms with van der Waals surface area (Å²) < 4.78 is 3.85. The molecule has 0 aliphatic carbocycles. The van der Waals surface area contributed by atoms with Gasteiger partial charge in [-0.05, 0) is 39.0 Å². The fraction of sp³-hybridized carbons (Fsp3) is 0.231. The van der Waals surface area contributed by atoms with Crippen LogP contribution in [-0.4, -0.2) is 19.3 Å². The Labute approximate surface area is 105 Å². The van der Waals surface area contributed by atoms with Crippen molar-refractivity contribution < 1.29 is 0 Å². The van der Waals surface area contributed by atoms with Gasteiger partial charge in [0.2, 0.25) is 0 Å². The number of nitrogens with one attached hydrogen (secondary N) is 1. The second-order valence-electron chi connectivity index (χ2n) is 4.45. The summed E-state index contributed by atoms with van der Waals surface area (Å²) in [5.41, 5.74) is 7.57. The molecule has 3 aromatic heterocycles. The van der Waals surface area contributed by atoms with Crippen LogP contribution in [0.2, 0.25) is 0 Å². The van der Waals surface area contributed by atoms with Crippen molar-refractivity contribution in [3.63, 3.8) is 0 Å². The fourth-order valence-electron chi connectivity index (χ4n) is 2.08. The number of aryl methyl sites for hydroxylation is 3. The van der Waals surface area contributed by atoms with Gasteiger partial charge in [0, 0.05) is 23.8 Å². The summed E-state index contributed by atoms with van der Waals surface area (Å²) in [7, 11) is 0. The van der Waals surface area contributed by atoms with E-state index in [4.69, 9.17) is 0 Å². The molecule has 3 aromatic rings. The molecule has 92 valence electrons. The summed E-state index contributed by atoms with van der Waals surface area (Å²) in [6, 6.07) is 6.16. The van der Waals surface area contributed by atoms with Crippen LogP contribution in [0.1, 0.15) is 17.1 Å². The van der Waals surface area contributed by atoms with Crippen molar-refractivity contribution in [1.82, 2.24) is 19.3 Å². The molecule has 18 heavy (non-hydrogen) atoms. The molecule has 0 saturated carbocycles. The molecule has 0 fully saturated rings. The molecule has 3 rings (SSSR count). The lowest BCUT2D eigenvalue weighted by Gasteiger charge is -2.12. The van der Waals surface area contributed by atoms with E-state index in [1.54, 1.807) is 6.20 Å². The smallest absolute Gasteiger partial charge is 0.171 e. The Kier molecular flexibility index (Phi) is 2.33. The Bertz CT molecular complexity index is 688. The Hall–Kier alpha value is -2.30. The first-order valence-electron chi connectivity index (χ1n) is 5.88. The lowest BCUT2D eigenvalue weighted by atomic mass is 10.4. The molecule has 0 radical (unpaired) electrons. The number of aromatic nitrogens is 4. The van der Waals surface area contributed by atoms with Gasteiger partial charge in [-0.25, -0.2) is 9.50 Å². The van der Waals surface area contributed by atoms with E-state index in [1.165, 1.54) is 0 Å². The number of rotatable bonds is 2. The van der Waals surface area contributed by atoms with Crippen molar-refractivity contribution >= 4 is 11.3 Å². The van der Waals surface area contributed by atoms with Crippen molar-refractivity contribution in [1.29, 1.82) is 0 Å². The predicted molar refractivity (Wildman–Crippen MR) is 70.7 cm³/mol. The minimum atomic E-state index is 0.806. The van der Waals surface area contributed by atoms with Crippen LogP contribution >= 0.6 is 0 Å². The van der Waals surface area contributed by atoms with Gasteiger partial charge in [0.15, 0.2) is 5.82 Å². The normalized spacial score (nSPS) is 11.1. The Morgan fingerprint density at radius 3 is 2.56 bits per heavy atom. The monoisotopic (exact) mass is 241 g/mol. The Balaban J connectivity index is 2.10. The molecule has 5 nitrogen and oxygen atoms in total. The third-order valence-corrected chi connectivity index (χ3v) is 3.00. The van der Waals surface area contributed by atoms with E-state index in [-0.39, 0.29) is 0 Å². The number of hydrogen-bond acceptors (Lipinski definition) is 3. The largest absolute Gasteiger partial charge is 0.276 e. The summed E-state index contributed by atoms with van der Waals surface area (Å²) in [4.78, 5) is 4.38. The van der Waals surface area contributed by atoms with E-state index in [0.717, 1.165) is 28.4 Å². The molecule has 0 aliphatic heterocycles. The average molecular weight is 241 g/mol. The van der Waals surface area contributed by atoms with Crippen LogP contribution in [0.3, 0.4) is 0 Å². The number of anilines is 1. The molecule has 3 heterocycles. The SMILES string of the molecule is Cc1cc2c(Nn3c(C)ccc3C)nccn2n1. The van der Waals surface area contributed by atoms with E-state index < -0.39 is 0 Å². The molecule has 0 amide bonds. The van der Waals surface area contributed by atoms with E-state index in [0.29, 0.717) is 0 Å². The quantitative estimate of drug-likeness (QED) is 0.749. The highest BCUT2D eigenvalue weighted by Gasteiger charge is 2.07. The first-order chi connectivity index (χ1) is 8.65. The lowest BCUT2D eigenvalue weighted by Crippen LogP contribution is -2.14. The number of hydrogen-bond donors (Lipinski definition) is 1. The maximum atomic E-state index is 4.38. The summed E-state index contributed by atoms with van der Waals surface area (Å²) >= 11 is 0. The van der Waals surface area contributed by atoms with Gasteiger partial charge in [0.05, 0.1) is 5.69 Å². The minimum Gasteiger partial charge on any atom is -0.276 e. The first-order valence-corrected chi connectivity index (χ1v) is 5.88. The second-order valence-corrected chi connectivity index (χ2v) is 4.45. The van der Waals surface area contributed by atoms with Gasteiger partial charge in [-0.15, -0.1) is 0 Å². The van der Waals surface area contributed by atoms with Crippen molar-refractivity contribution in [2.45, 2.75) is 20.8 Å². The van der Waals surface area contributed by atoms with Crippen LogP contribution in [0.15, 0.2) is 30.6 Å². The third kappa shape index (κ3) is 1.64. The molecule has 0 bridgehead atoms. The summed E-state index contributed by atoms with van der Waals surface area (Å²) in [5, 5.41) is 4.38. The fourth-order valence-corrected chi connectivity index (χ4v) is 2.08. The lowest BCUT2D eigenvalue weighted by molar-refractivity contribution is 0.861. The summed E-state index contributed by atoms with van der Waals surface area (Å²) in [6.07, 6.45) is 3.60. The zero-order valence-electron chi connectivity index (χ0n) is 10.7. The molecule has 0 saturated heterocycles. The van der Waals surface area contributed by atoms with Crippen LogP contribution in [0, 0.1) is 20.8 Å². The Morgan fingerprint density at radius 1 is 1.11 bits per heavy atom. The number of nitrogens with zero attached hydrogens (tertiary/aromatic N) is 4. The van der Waals surface area contributed by atoms with Crippen molar-refractivity contribution in [2.24, 2.45) is 0 Å². The zero-order valence-corrected chi connectivity index (χ0v) is 10.7. The standard InChI is InChI=1S/C13H15N5/c1-9-8-12-13(14-6-7-17(12)15-9)16-18-10(2)4-5-11(18)3/h4-8H,1-3H3,(H,14,16). The summed E-state index contributed by atoms with van der Waals surface area (Å²) in [5.74, 6) is 0.806. The topological polar surface area (TPSA) is 47.2 Å². The average Bonchev–Trinajstić information content (AvgIpc) is 2.86. The molecule has 0 spiro atoms. The van der Waals surface area contributed by atoms with E-state index >= 15 is 0 Å². The van der Waals surface area contributed by atoms with Gasteiger partial charge in [-0.3, -0.25) is 10.1 Å². The van der Waals surface area contributed by atoms with Gasteiger partial charge in [0.25, 0.3) is 0 Å². The highest BCUT2D eigenvalue weighted by Crippen LogP contribution is 2.16. The molecular formula is C13H15N5. The maximum absolute atomic E-state index is 4.38. The molecular weight excluding hydrogens is 226 g/mol. The third-order valence-electron chi connectivity index (χ3n) is 3.00. The number of fused-ring (bicyclic) bond motifs is 1. The molecule has 0 aromatic carbocycles.